The number of primary amides is 1. The van der Waals surface area contributed by atoms with Gasteiger partial charge in [0, 0.05) is 62.6 Å². The minimum Gasteiger partial charge on any atom is -0.439 e. The second kappa shape index (κ2) is 19.8. The van der Waals surface area contributed by atoms with Crippen LogP contribution in [0.25, 0.3) is 0 Å². The number of benzene rings is 2. The van der Waals surface area contributed by atoms with E-state index in [1.807, 2.05) is 19.1 Å². The zero-order valence-corrected chi connectivity index (χ0v) is 34.0. The number of hydrogen-bond donors (Lipinski definition) is 4. The third-order valence-electron chi connectivity index (χ3n) is 10.9. The van der Waals surface area contributed by atoms with Gasteiger partial charge in [0.05, 0.1) is 23.6 Å². The number of rotatable bonds is 7. The van der Waals surface area contributed by atoms with E-state index in [2.05, 4.69) is 39.8 Å². The average Bonchev–Trinajstić information content (AvgIpc) is 3.20. The lowest BCUT2D eigenvalue weighted by Gasteiger charge is -2.30. The van der Waals surface area contributed by atoms with E-state index in [-0.39, 0.29) is 41.3 Å². The molecule has 5 rings (SSSR count). The Balaban J connectivity index is 1.41. The Morgan fingerprint density at radius 3 is 2.38 bits per heavy atom. The molecule has 13 heteroatoms. The van der Waals surface area contributed by atoms with Gasteiger partial charge in [-0.3, -0.25) is 24.1 Å². The number of hydrogen-bond acceptors (Lipinski definition) is 10. The van der Waals surface area contributed by atoms with E-state index in [4.69, 9.17) is 19.9 Å². The van der Waals surface area contributed by atoms with Gasteiger partial charge in [-0.15, -0.1) is 0 Å². The smallest absolute Gasteiger partial charge is 0.405 e. The summed E-state index contributed by atoms with van der Waals surface area (Å²) >= 11 is 0. The molecule has 2 bridgehead atoms. The molecule has 58 heavy (non-hydrogen) atoms. The number of ketones is 2. The summed E-state index contributed by atoms with van der Waals surface area (Å²) in [5, 5.41) is 16.7. The van der Waals surface area contributed by atoms with Gasteiger partial charge in [0.1, 0.15) is 6.10 Å². The van der Waals surface area contributed by atoms with Crippen molar-refractivity contribution in [1.82, 2.24) is 15.5 Å². The molecule has 0 aromatic heterocycles. The second-order valence-electron chi connectivity index (χ2n) is 15.3. The van der Waals surface area contributed by atoms with Crippen LogP contribution in [0.3, 0.4) is 0 Å². The molecule has 0 spiro atoms. The van der Waals surface area contributed by atoms with Crippen molar-refractivity contribution in [1.29, 1.82) is 0 Å². The first kappa shape index (κ1) is 43.6. The maximum absolute atomic E-state index is 14.1. The highest BCUT2D eigenvalue weighted by Gasteiger charge is 2.34. The van der Waals surface area contributed by atoms with Crippen LogP contribution in [0.2, 0.25) is 0 Å². The molecule has 2 aromatic rings. The summed E-state index contributed by atoms with van der Waals surface area (Å²) in [6, 6.07) is 15.6. The molecule has 1 aliphatic carbocycles. The topological polar surface area (TPSA) is 187 Å². The number of nitrogens with two attached hydrogens (primary N) is 1. The van der Waals surface area contributed by atoms with Crippen LogP contribution in [0.1, 0.15) is 67.6 Å². The summed E-state index contributed by atoms with van der Waals surface area (Å²) in [6.45, 7) is 9.35. The van der Waals surface area contributed by atoms with Crippen molar-refractivity contribution in [2.75, 3.05) is 20.8 Å². The van der Waals surface area contributed by atoms with E-state index in [9.17, 15) is 29.1 Å². The van der Waals surface area contributed by atoms with Gasteiger partial charge < -0.3 is 35.7 Å². The minimum absolute atomic E-state index is 0.0166. The predicted octanol–water partition coefficient (Wildman–Crippen LogP) is 4.75. The maximum Gasteiger partial charge on any atom is 0.405 e. The van der Waals surface area contributed by atoms with E-state index in [1.165, 1.54) is 44.4 Å². The van der Waals surface area contributed by atoms with Gasteiger partial charge in [0.25, 0.3) is 11.8 Å². The molecule has 2 aliphatic heterocycles. The van der Waals surface area contributed by atoms with Crippen molar-refractivity contribution < 1.29 is 43.3 Å². The molecule has 0 fully saturated rings. The SMILES string of the molecule is COC1/C=C\C=C(/C)C(=O)NC2=CC(=O)C(NC(=O)c3ccc(CN4CCc5ccccc5C4)cc3)=C(C[C@@H](C)C[C@H](OC)[C@H](O)[C@@H](C)/C=C(\C)[C@@H]1OC(N)=O)C2=O. The molecule has 5 N–H and O–H groups in total. The molecule has 0 saturated carbocycles. The van der Waals surface area contributed by atoms with Gasteiger partial charge >= 0.3 is 6.09 Å². The number of nitrogens with zero attached hydrogens (tertiary/aromatic N) is 1. The lowest BCUT2D eigenvalue weighted by atomic mass is 9.85. The number of carbonyl (C=O) groups excluding carboxylic acids is 5. The van der Waals surface area contributed by atoms with Crippen molar-refractivity contribution in [2.24, 2.45) is 17.6 Å². The molecule has 1 unspecified atom stereocenters. The van der Waals surface area contributed by atoms with Crippen LogP contribution in [0.4, 0.5) is 4.79 Å². The number of amides is 3. The minimum atomic E-state index is -1.04. The summed E-state index contributed by atoms with van der Waals surface area (Å²) < 4.78 is 16.7. The molecule has 3 aliphatic rings. The third-order valence-corrected chi connectivity index (χ3v) is 10.9. The van der Waals surface area contributed by atoms with E-state index < -0.39 is 59.8 Å². The highest BCUT2D eigenvalue weighted by molar-refractivity contribution is 6.24. The number of methoxy groups -OCH3 is 2. The molecule has 3 amide bonds. The molecule has 2 aromatic carbocycles. The van der Waals surface area contributed by atoms with E-state index in [0.29, 0.717) is 17.7 Å². The van der Waals surface area contributed by atoms with E-state index >= 15 is 0 Å². The summed E-state index contributed by atoms with van der Waals surface area (Å²) in [5.41, 5.74) is 9.77. The molecular formula is C45H54N4O9. The van der Waals surface area contributed by atoms with Crippen molar-refractivity contribution >= 4 is 29.5 Å². The number of ether oxygens (including phenoxy) is 3. The fourth-order valence-electron chi connectivity index (χ4n) is 7.62. The molecule has 6 atom stereocenters. The fourth-order valence-corrected chi connectivity index (χ4v) is 7.62. The monoisotopic (exact) mass is 794 g/mol. The third kappa shape index (κ3) is 10.9. The summed E-state index contributed by atoms with van der Waals surface area (Å²) in [7, 11) is 2.89. The maximum atomic E-state index is 14.1. The molecule has 2 heterocycles. The van der Waals surface area contributed by atoms with Crippen LogP contribution in [0.5, 0.6) is 0 Å². The Labute approximate surface area is 339 Å². The van der Waals surface area contributed by atoms with E-state index in [1.54, 1.807) is 38.1 Å². The first-order valence-corrected chi connectivity index (χ1v) is 19.5. The average molecular weight is 795 g/mol. The van der Waals surface area contributed by atoms with Gasteiger partial charge in [-0.2, -0.15) is 0 Å². The first-order valence-electron chi connectivity index (χ1n) is 19.5. The number of aliphatic hydroxyl groups excluding tert-OH is 1. The number of allylic oxidation sites excluding steroid dienone is 4. The Kier molecular flexibility index (Phi) is 14.9. The zero-order chi connectivity index (χ0) is 42.1. The summed E-state index contributed by atoms with van der Waals surface area (Å²) in [6.07, 6.45) is 4.01. The molecular weight excluding hydrogens is 741 g/mol. The number of fused-ring (bicyclic) bond motifs is 3. The van der Waals surface area contributed by atoms with Gasteiger partial charge in [0.15, 0.2) is 6.10 Å². The lowest BCUT2D eigenvalue weighted by Crippen LogP contribution is -2.38. The van der Waals surface area contributed by atoms with E-state index in [0.717, 1.165) is 31.1 Å². The number of carbonyl (C=O) groups is 5. The van der Waals surface area contributed by atoms with Crippen molar-refractivity contribution in [2.45, 2.75) is 84.5 Å². The van der Waals surface area contributed by atoms with Crippen LogP contribution < -0.4 is 16.4 Å². The molecule has 308 valence electrons. The number of Topliss-reactive ketones (excluding diaryl/α,β-unsaturated/α-hetero) is 1. The van der Waals surface area contributed by atoms with Gasteiger partial charge in [-0.25, -0.2) is 4.79 Å². The quantitative estimate of drug-likeness (QED) is 0.225. The Morgan fingerprint density at radius 1 is 1.00 bits per heavy atom. The highest BCUT2D eigenvalue weighted by Crippen LogP contribution is 2.29. The standard InChI is InChI=1S/C45H54N4O9/c1-26-20-34-39(48-44(54)32-16-14-30(15-17-32)24-49-19-18-31-11-7-8-12-33(31)25-49)36(50)23-35(41(34)52)47-43(53)27(2)10-9-13-37(56-5)42(58-45(46)55)29(4)22-28(3)40(51)38(21-26)57-6/h7-17,22-23,26,28,37-38,40,42,51H,18-21,24-25H2,1-6H3,(H2,46,55)(H,47,53)(H,48,54)/b13-9-,27-10+,29-22+/t26-,28+,37?,38+,40-,42+/m1/s1. The van der Waals surface area contributed by atoms with Gasteiger partial charge in [0.2, 0.25) is 11.6 Å². The Morgan fingerprint density at radius 2 is 1.71 bits per heavy atom. The fraction of sp³-hybridized carbons (Fsp3) is 0.400. The molecule has 13 nitrogen and oxygen atoms in total. The number of aliphatic hydroxyl groups is 1. The van der Waals surface area contributed by atoms with Crippen LogP contribution in [0, 0.1) is 11.8 Å². The predicted molar refractivity (Wildman–Crippen MR) is 218 cm³/mol. The van der Waals surface area contributed by atoms with Gasteiger partial charge in [-0.1, -0.05) is 74.5 Å². The van der Waals surface area contributed by atoms with Crippen LogP contribution in [-0.2, 0) is 48.1 Å². The zero-order valence-electron chi connectivity index (χ0n) is 34.0. The van der Waals surface area contributed by atoms with Crippen molar-refractivity contribution in [3.8, 4) is 0 Å². The van der Waals surface area contributed by atoms with Crippen LogP contribution >= 0.6 is 0 Å². The second-order valence-corrected chi connectivity index (χ2v) is 15.3. The van der Waals surface area contributed by atoms with Crippen LogP contribution in [0.15, 0.2) is 107 Å². The first-order chi connectivity index (χ1) is 27.7. The summed E-state index contributed by atoms with van der Waals surface area (Å²) in [5.74, 6) is -3.35. The van der Waals surface area contributed by atoms with Crippen molar-refractivity contribution in [3.63, 3.8) is 0 Å². The summed E-state index contributed by atoms with van der Waals surface area (Å²) in [4.78, 5) is 69.1. The van der Waals surface area contributed by atoms with Crippen molar-refractivity contribution in [3.05, 3.63) is 129 Å². The lowest BCUT2D eigenvalue weighted by molar-refractivity contribution is -0.120. The number of nitrogens with one attached hydrogen (secondary N) is 2. The van der Waals surface area contributed by atoms with Crippen LogP contribution in [-0.4, -0.2) is 84.7 Å². The van der Waals surface area contributed by atoms with Gasteiger partial charge in [-0.05, 0) is 73.4 Å². The Hall–Kier alpha value is -5.47. The largest absolute Gasteiger partial charge is 0.439 e. The molecule has 0 radical (unpaired) electrons. The Bertz CT molecular complexity index is 2050. The molecule has 0 saturated heterocycles. The normalized spacial score (nSPS) is 27.6. The highest BCUT2D eigenvalue weighted by atomic mass is 16.6.